The molecule has 0 N–H and O–H groups in total. The molecule has 2 unspecified atom stereocenters. The van der Waals surface area contributed by atoms with Crippen LogP contribution in [0.1, 0.15) is 34.1 Å². The molecular weight excluding hydrogens is 489 g/mol. The first-order valence-corrected chi connectivity index (χ1v) is 14.6. The maximum absolute atomic E-state index is 11.5. The molecule has 2 heterocycles. The van der Waals surface area contributed by atoms with Gasteiger partial charge in [-0.3, -0.25) is 9.59 Å². The average molecular weight is 511 g/mol. The van der Waals surface area contributed by atoms with Crippen LogP contribution in [0.3, 0.4) is 0 Å². The Labute approximate surface area is 204 Å². The number of hydrogen-bond acceptors (Lipinski definition) is 8. The molecule has 0 aliphatic carbocycles. The minimum Gasteiger partial charge on any atom is -0.282 e. The molecule has 1 aromatic rings. The molecule has 3 rings (SSSR count). The predicted molar refractivity (Wildman–Crippen MR) is 143 cm³/mol. The number of rotatable bonds is 8. The van der Waals surface area contributed by atoms with E-state index in [9.17, 15) is 9.59 Å². The van der Waals surface area contributed by atoms with Crippen LogP contribution in [0, 0.1) is 0 Å². The van der Waals surface area contributed by atoms with Crippen molar-refractivity contribution >= 4 is 80.8 Å². The van der Waals surface area contributed by atoms with Crippen molar-refractivity contribution < 1.29 is 9.59 Å². The summed E-state index contributed by atoms with van der Waals surface area (Å²) in [5.74, 6) is 1.44. The molecule has 158 valence electrons. The van der Waals surface area contributed by atoms with E-state index in [4.69, 9.17) is 0 Å². The van der Waals surface area contributed by atoms with E-state index in [1.54, 1.807) is 0 Å². The van der Waals surface area contributed by atoms with Crippen LogP contribution in [0.25, 0.3) is 0 Å². The molecule has 2 aliphatic rings. The van der Waals surface area contributed by atoms with E-state index in [2.05, 4.69) is 51.3 Å². The van der Waals surface area contributed by atoms with Gasteiger partial charge in [-0.05, 0) is 46.9 Å². The summed E-state index contributed by atoms with van der Waals surface area (Å²) >= 11 is 10.1. The van der Waals surface area contributed by atoms with E-state index in [1.807, 2.05) is 47.0 Å². The van der Waals surface area contributed by atoms with Crippen LogP contribution in [-0.4, -0.2) is 21.7 Å². The van der Waals surface area contributed by atoms with Crippen LogP contribution in [0.4, 0.5) is 0 Å². The average Bonchev–Trinajstić information content (AvgIpc) is 3.32. The lowest BCUT2D eigenvalue weighted by Crippen LogP contribution is -1.91. The van der Waals surface area contributed by atoms with E-state index in [-0.39, 0.29) is 10.2 Å². The normalized spacial score (nSPS) is 21.3. The van der Waals surface area contributed by atoms with Crippen molar-refractivity contribution in [1.29, 1.82) is 0 Å². The molecule has 0 amide bonds. The van der Waals surface area contributed by atoms with Gasteiger partial charge in [-0.1, -0.05) is 60.9 Å². The number of allylic oxidation sites excluding steroid dienone is 2. The number of carbonyl (C=O) groups excluding carboxylic acids is 2. The Balaban J connectivity index is 1.56. The van der Waals surface area contributed by atoms with Gasteiger partial charge in [-0.2, -0.15) is 0 Å². The maximum Gasteiger partial charge on any atom is 0.211 e. The van der Waals surface area contributed by atoms with Crippen molar-refractivity contribution in [2.75, 3.05) is 11.5 Å². The van der Waals surface area contributed by atoms with Crippen LogP contribution in [0.2, 0.25) is 0 Å². The molecule has 0 saturated carbocycles. The van der Waals surface area contributed by atoms with Crippen LogP contribution in [-0.2, 0) is 9.59 Å². The highest BCUT2D eigenvalue weighted by Crippen LogP contribution is 2.57. The Bertz CT molecular complexity index is 841. The van der Waals surface area contributed by atoms with Gasteiger partial charge in [0, 0.05) is 21.3 Å². The van der Waals surface area contributed by atoms with Crippen molar-refractivity contribution in [3.05, 3.63) is 80.3 Å². The summed E-state index contributed by atoms with van der Waals surface area (Å²) in [5.41, 5.74) is 2.60. The van der Waals surface area contributed by atoms with Crippen molar-refractivity contribution in [3.63, 3.8) is 0 Å². The fourth-order valence-electron chi connectivity index (χ4n) is 2.67. The van der Waals surface area contributed by atoms with Crippen molar-refractivity contribution in [1.82, 2.24) is 0 Å². The van der Waals surface area contributed by atoms with Gasteiger partial charge < -0.3 is 0 Å². The van der Waals surface area contributed by atoms with Gasteiger partial charge in [0.1, 0.15) is 0 Å². The van der Waals surface area contributed by atoms with Crippen LogP contribution in [0.15, 0.2) is 69.2 Å². The van der Waals surface area contributed by atoms with Gasteiger partial charge in [0.25, 0.3) is 0 Å². The second kappa shape index (κ2) is 11.5. The van der Waals surface area contributed by atoms with Gasteiger partial charge in [0.2, 0.25) is 10.2 Å². The lowest BCUT2D eigenvalue weighted by molar-refractivity contribution is -0.107. The summed E-state index contributed by atoms with van der Waals surface area (Å²) in [6, 6.07) is 8.90. The molecule has 0 bridgehead atoms. The number of thioether (sulfide) groups is 6. The molecule has 0 radical (unpaired) electrons. The molecule has 0 fully saturated rings. The van der Waals surface area contributed by atoms with Crippen molar-refractivity contribution in [3.8, 4) is 0 Å². The lowest BCUT2D eigenvalue weighted by atomic mass is 10.2. The molecule has 0 aromatic heterocycles. The van der Waals surface area contributed by atoms with E-state index in [0.29, 0.717) is 9.16 Å². The molecule has 1 aromatic carbocycles. The smallest absolute Gasteiger partial charge is 0.211 e. The van der Waals surface area contributed by atoms with E-state index < -0.39 is 0 Å². The monoisotopic (exact) mass is 510 g/mol. The van der Waals surface area contributed by atoms with Gasteiger partial charge in [0.05, 0.1) is 9.16 Å². The molecule has 8 heteroatoms. The zero-order chi connectivity index (χ0) is 21.7. The zero-order valence-electron chi connectivity index (χ0n) is 16.7. The summed E-state index contributed by atoms with van der Waals surface area (Å²) in [7, 11) is 0. The van der Waals surface area contributed by atoms with E-state index in [0.717, 1.165) is 11.5 Å². The Morgan fingerprint density at radius 2 is 1.17 bits per heavy atom. The summed E-state index contributed by atoms with van der Waals surface area (Å²) in [6.07, 6.45) is 2.75. The Morgan fingerprint density at radius 3 is 1.50 bits per heavy atom. The number of carbonyl (C=O) groups is 2. The van der Waals surface area contributed by atoms with Crippen LogP contribution in [0.5, 0.6) is 0 Å². The summed E-state index contributed by atoms with van der Waals surface area (Å²) < 4.78 is 0.684. The van der Waals surface area contributed by atoms with E-state index >= 15 is 0 Å². The van der Waals surface area contributed by atoms with Gasteiger partial charge in [0.15, 0.2) is 0 Å². The van der Waals surface area contributed by atoms with Gasteiger partial charge in [-0.15, -0.1) is 47.0 Å². The first-order valence-electron chi connectivity index (χ1n) is 9.15. The molecule has 2 nitrogen and oxygen atoms in total. The first-order chi connectivity index (χ1) is 14.4. The minimum atomic E-state index is 0.0239. The quantitative estimate of drug-likeness (QED) is 0.325. The molecule has 30 heavy (non-hydrogen) atoms. The molecule has 2 aliphatic heterocycles. The number of benzene rings is 1. The second-order valence-electron chi connectivity index (χ2n) is 6.38. The summed E-state index contributed by atoms with van der Waals surface area (Å²) in [6.45, 7) is 11.3. The third kappa shape index (κ3) is 6.33. The summed E-state index contributed by atoms with van der Waals surface area (Å²) in [5, 5.41) is 0.0478. The topological polar surface area (TPSA) is 34.1 Å². The summed E-state index contributed by atoms with van der Waals surface area (Å²) in [4.78, 5) is 28.2. The minimum absolute atomic E-state index is 0.0239. The fourth-order valence-corrected chi connectivity index (χ4v) is 10.6. The lowest BCUT2D eigenvalue weighted by Gasteiger charge is -2.13. The molecule has 0 saturated heterocycles. The first kappa shape index (κ1) is 24.3. The largest absolute Gasteiger partial charge is 0.282 e. The Kier molecular flexibility index (Phi) is 9.28. The van der Waals surface area contributed by atoms with Gasteiger partial charge >= 0.3 is 0 Å². The standard InChI is InChI=1S/C22H22O2S6/c1-5-19(23)25-11-17-13(3)27-21(29-17)15-7-9-16(10-8-15)22-28-14(4)18(30-22)12-26-20(24)6-2/h5-10,21-22H,1-2,11-12H2,3-4H3. The van der Waals surface area contributed by atoms with Crippen LogP contribution < -0.4 is 0 Å². The third-order valence-corrected chi connectivity index (χ3v) is 12.5. The Morgan fingerprint density at radius 1 is 0.800 bits per heavy atom. The van der Waals surface area contributed by atoms with Crippen LogP contribution >= 0.6 is 70.6 Å². The maximum atomic E-state index is 11.5. The highest BCUT2D eigenvalue weighted by Gasteiger charge is 2.27. The highest BCUT2D eigenvalue weighted by atomic mass is 32.2. The van der Waals surface area contributed by atoms with Crippen molar-refractivity contribution in [2.45, 2.75) is 23.0 Å². The third-order valence-electron chi connectivity index (χ3n) is 4.36. The van der Waals surface area contributed by atoms with Crippen molar-refractivity contribution in [2.24, 2.45) is 0 Å². The molecule has 0 spiro atoms. The highest BCUT2D eigenvalue weighted by molar-refractivity contribution is 8.24. The zero-order valence-corrected chi connectivity index (χ0v) is 21.6. The molecular formula is C22H22O2S6. The fraction of sp³-hybridized carbons (Fsp3) is 0.273. The second-order valence-corrected chi connectivity index (χ2v) is 14.0. The predicted octanol–water partition coefficient (Wildman–Crippen LogP) is 8.00. The number of hydrogen-bond donors (Lipinski definition) is 0. The molecule has 2 atom stereocenters. The SMILES string of the molecule is C=CC(=O)SCC1=C(C)SC(c2ccc(C3SC(C)=C(CSC(=O)C=C)S3)cc2)S1. The Hall–Kier alpha value is -0.380. The van der Waals surface area contributed by atoms with E-state index in [1.165, 1.54) is 66.4 Å². The van der Waals surface area contributed by atoms with Gasteiger partial charge in [-0.25, -0.2) is 0 Å².